The van der Waals surface area contributed by atoms with Crippen LogP contribution in [0.15, 0.2) is 42.9 Å². The van der Waals surface area contributed by atoms with Gasteiger partial charge >= 0.3 is 0 Å². The Balaban J connectivity index is 1.32. The Kier molecular flexibility index (Phi) is 4.57. The first-order valence-electron chi connectivity index (χ1n) is 9.23. The Hall–Kier alpha value is -2.14. The maximum Gasteiger partial charge on any atom is 0.226 e. The van der Waals surface area contributed by atoms with Crippen molar-refractivity contribution in [2.45, 2.75) is 25.3 Å². The fourth-order valence-electron chi connectivity index (χ4n) is 3.89. The maximum atomic E-state index is 12.9. The normalized spacial score (nSPS) is 24.1. The average Bonchev–Trinajstić information content (AvgIpc) is 3.38. The van der Waals surface area contributed by atoms with Gasteiger partial charge in [-0.25, -0.2) is 4.98 Å². The van der Waals surface area contributed by atoms with Crippen molar-refractivity contribution in [3.8, 4) is 0 Å². The van der Waals surface area contributed by atoms with Crippen LogP contribution in [0, 0.1) is 5.92 Å². The van der Waals surface area contributed by atoms with Crippen LogP contribution < -0.4 is 0 Å². The minimum atomic E-state index is 0.200. The van der Waals surface area contributed by atoms with Crippen LogP contribution in [-0.4, -0.2) is 51.4 Å². The lowest BCUT2D eigenvalue weighted by molar-refractivity contribution is -0.132. The summed E-state index contributed by atoms with van der Waals surface area (Å²) in [7, 11) is 2.03. The molecule has 2 heterocycles. The lowest BCUT2D eigenvalue weighted by Gasteiger charge is -2.22. The molecule has 0 bridgehead atoms. The van der Waals surface area contributed by atoms with Crippen molar-refractivity contribution >= 4 is 5.91 Å². The van der Waals surface area contributed by atoms with Gasteiger partial charge < -0.3 is 9.47 Å². The predicted octanol–water partition coefficient (Wildman–Crippen LogP) is 2.26. The van der Waals surface area contributed by atoms with Crippen molar-refractivity contribution in [1.82, 2.24) is 19.4 Å². The molecule has 4 rings (SSSR count). The summed E-state index contributed by atoms with van der Waals surface area (Å²) in [5.74, 6) is 0.991. The second-order valence-electron chi connectivity index (χ2n) is 7.31. The molecule has 2 atom stereocenters. The van der Waals surface area contributed by atoms with E-state index in [4.69, 9.17) is 0 Å². The molecule has 1 aromatic carbocycles. The molecule has 1 saturated carbocycles. The van der Waals surface area contributed by atoms with Crippen LogP contribution in [0.5, 0.6) is 0 Å². The van der Waals surface area contributed by atoms with E-state index in [1.165, 1.54) is 11.3 Å². The summed E-state index contributed by atoms with van der Waals surface area (Å²) in [5, 5.41) is 0. The Morgan fingerprint density at radius 2 is 2.00 bits per heavy atom. The monoisotopic (exact) mass is 338 g/mol. The molecule has 2 aliphatic rings. The first-order chi connectivity index (χ1) is 12.2. The fraction of sp³-hybridized carbons (Fsp3) is 0.500. The Morgan fingerprint density at radius 3 is 2.76 bits per heavy atom. The van der Waals surface area contributed by atoms with Crippen LogP contribution >= 0.6 is 0 Å². The van der Waals surface area contributed by atoms with Crippen molar-refractivity contribution in [2.75, 3.05) is 26.2 Å². The van der Waals surface area contributed by atoms with Crippen LogP contribution in [0.25, 0.3) is 0 Å². The fourth-order valence-corrected chi connectivity index (χ4v) is 3.89. The zero-order valence-electron chi connectivity index (χ0n) is 14.8. The lowest BCUT2D eigenvalue weighted by Crippen LogP contribution is -2.36. The lowest BCUT2D eigenvalue weighted by atomic mass is 10.1. The van der Waals surface area contributed by atoms with Crippen LogP contribution in [0.4, 0.5) is 0 Å². The van der Waals surface area contributed by atoms with Crippen molar-refractivity contribution in [2.24, 2.45) is 13.0 Å². The van der Waals surface area contributed by atoms with Gasteiger partial charge in [0.05, 0.1) is 12.0 Å². The molecule has 0 spiro atoms. The first kappa shape index (κ1) is 16.3. The van der Waals surface area contributed by atoms with Crippen LogP contribution in [0.3, 0.4) is 0 Å². The van der Waals surface area contributed by atoms with Gasteiger partial charge in [-0.1, -0.05) is 30.3 Å². The zero-order chi connectivity index (χ0) is 17.2. The average molecular weight is 338 g/mol. The number of benzene rings is 1. The topological polar surface area (TPSA) is 41.4 Å². The van der Waals surface area contributed by atoms with Crippen LogP contribution in [-0.2, 0) is 18.4 Å². The predicted molar refractivity (Wildman–Crippen MR) is 97.0 cm³/mol. The number of carbonyl (C=O) groups excluding carboxylic acids is 1. The molecule has 132 valence electrons. The number of nitrogens with zero attached hydrogens (tertiary/aromatic N) is 4. The Labute approximate surface area is 149 Å². The molecular weight excluding hydrogens is 312 g/mol. The van der Waals surface area contributed by atoms with E-state index in [1.54, 1.807) is 0 Å². The van der Waals surface area contributed by atoms with E-state index >= 15 is 0 Å². The number of rotatable bonds is 4. The van der Waals surface area contributed by atoms with E-state index in [9.17, 15) is 4.79 Å². The standard InChI is InChI=1S/C20H26N4O/c1-22-15-21-13-17(22)14-23-8-5-9-24(11-10-23)20(25)19-12-18(19)16-6-3-2-4-7-16/h2-4,6-7,13,15,18-19H,5,8-12,14H2,1H3/t18-,19+/m0/s1. The summed E-state index contributed by atoms with van der Waals surface area (Å²) in [6.07, 6.45) is 5.84. The van der Waals surface area contributed by atoms with Gasteiger partial charge in [-0.3, -0.25) is 9.69 Å². The summed E-state index contributed by atoms with van der Waals surface area (Å²) in [6, 6.07) is 10.5. The summed E-state index contributed by atoms with van der Waals surface area (Å²) >= 11 is 0. The summed E-state index contributed by atoms with van der Waals surface area (Å²) < 4.78 is 2.07. The number of aryl methyl sites for hydroxylation is 1. The van der Waals surface area contributed by atoms with Crippen molar-refractivity contribution < 1.29 is 4.79 Å². The van der Waals surface area contributed by atoms with Crippen molar-refractivity contribution in [1.29, 1.82) is 0 Å². The summed E-state index contributed by atoms with van der Waals surface area (Å²) in [5.41, 5.74) is 2.54. The highest BCUT2D eigenvalue weighted by atomic mass is 16.2. The molecule has 1 aliphatic heterocycles. The highest BCUT2D eigenvalue weighted by molar-refractivity contribution is 5.83. The molecule has 5 nitrogen and oxygen atoms in total. The number of amides is 1. The van der Waals surface area contributed by atoms with E-state index < -0.39 is 0 Å². The van der Waals surface area contributed by atoms with Crippen molar-refractivity contribution in [3.63, 3.8) is 0 Å². The molecule has 1 aromatic heterocycles. The third-order valence-electron chi connectivity index (χ3n) is 5.54. The SMILES string of the molecule is Cn1cncc1CN1CCCN(C(=O)[C@@H]2C[C@H]2c2ccccc2)CC1. The number of hydrogen-bond donors (Lipinski definition) is 0. The molecule has 0 radical (unpaired) electrons. The second kappa shape index (κ2) is 7.00. The quantitative estimate of drug-likeness (QED) is 0.859. The third kappa shape index (κ3) is 3.61. The molecule has 2 aromatic rings. The summed E-state index contributed by atoms with van der Waals surface area (Å²) in [4.78, 5) is 21.6. The molecule has 1 aliphatic carbocycles. The molecular formula is C20H26N4O. The largest absolute Gasteiger partial charge is 0.341 e. The zero-order valence-corrected chi connectivity index (χ0v) is 14.8. The van der Waals surface area contributed by atoms with E-state index in [0.29, 0.717) is 11.8 Å². The van der Waals surface area contributed by atoms with Crippen LogP contribution in [0.2, 0.25) is 0 Å². The molecule has 0 N–H and O–H groups in total. The van der Waals surface area contributed by atoms with Gasteiger partial charge in [-0.05, 0) is 24.3 Å². The molecule has 2 fully saturated rings. The molecule has 0 unspecified atom stereocenters. The van der Waals surface area contributed by atoms with E-state index in [0.717, 1.165) is 45.6 Å². The molecule has 5 heteroatoms. The number of hydrogen-bond acceptors (Lipinski definition) is 3. The van der Waals surface area contributed by atoms with Gasteiger partial charge in [0, 0.05) is 51.9 Å². The molecule has 25 heavy (non-hydrogen) atoms. The summed E-state index contributed by atoms with van der Waals surface area (Å²) in [6.45, 7) is 4.63. The van der Waals surface area contributed by atoms with Gasteiger partial charge in [0.15, 0.2) is 0 Å². The maximum absolute atomic E-state index is 12.9. The molecule has 1 saturated heterocycles. The van der Waals surface area contributed by atoms with Crippen molar-refractivity contribution in [3.05, 3.63) is 54.1 Å². The molecule has 1 amide bonds. The second-order valence-corrected chi connectivity index (χ2v) is 7.31. The first-order valence-corrected chi connectivity index (χ1v) is 9.23. The van der Waals surface area contributed by atoms with E-state index in [1.807, 2.05) is 25.6 Å². The van der Waals surface area contributed by atoms with E-state index in [-0.39, 0.29) is 5.92 Å². The number of aromatic nitrogens is 2. The van der Waals surface area contributed by atoms with Gasteiger partial charge in [0.2, 0.25) is 5.91 Å². The highest BCUT2D eigenvalue weighted by Crippen LogP contribution is 2.48. The smallest absolute Gasteiger partial charge is 0.226 e. The Bertz CT molecular complexity index is 726. The van der Waals surface area contributed by atoms with E-state index in [2.05, 4.69) is 43.6 Å². The van der Waals surface area contributed by atoms with Gasteiger partial charge in [-0.2, -0.15) is 0 Å². The van der Waals surface area contributed by atoms with Crippen LogP contribution in [0.1, 0.15) is 30.0 Å². The minimum absolute atomic E-state index is 0.200. The van der Waals surface area contributed by atoms with Gasteiger partial charge in [0.25, 0.3) is 0 Å². The number of imidazole rings is 1. The van der Waals surface area contributed by atoms with Gasteiger partial charge in [0.1, 0.15) is 0 Å². The Morgan fingerprint density at radius 1 is 1.16 bits per heavy atom. The third-order valence-corrected chi connectivity index (χ3v) is 5.54. The minimum Gasteiger partial charge on any atom is -0.341 e. The highest BCUT2D eigenvalue weighted by Gasteiger charge is 2.45. The number of carbonyl (C=O) groups is 1. The van der Waals surface area contributed by atoms with Gasteiger partial charge in [-0.15, -0.1) is 0 Å².